The first-order chi connectivity index (χ1) is 34.3. The van der Waals surface area contributed by atoms with Crippen molar-refractivity contribution in [2.75, 3.05) is 59.7 Å². The molecule has 3 saturated heterocycles. The standard InChI is InChI=1S/C64H109N5O2/c1-11-42-68-57-24-17-15-22-55(57)62(5,6)59(68)32-30-52-28-29-53(31-33-60-63(7,8)56-23-16-18-25-58(56)69(60)43-12-2)54(52)21-19-20-44-67-45-37-51(38-46-67)48(13-3)26-27-49(50-35-40-65-41-36-50)34-39-64(9,14-4)61(70)66-47-71-10/h30-33,48-51,55-58,65H,11-29,34-47H2,1-10H3/p+1. The van der Waals surface area contributed by atoms with Gasteiger partial charge in [0.2, 0.25) is 5.91 Å². The molecule has 7 nitrogen and oxygen atoms in total. The summed E-state index contributed by atoms with van der Waals surface area (Å²) in [6.07, 6.45) is 42.6. The van der Waals surface area contributed by atoms with Crippen LogP contribution in [-0.2, 0) is 9.53 Å². The highest BCUT2D eigenvalue weighted by molar-refractivity contribution is 5.97. The maximum atomic E-state index is 13.2. The van der Waals surface area contributed by atoms with E-state index in [0.717, 1.165) is 67.6 Å². The van der Waals surface area contributed by atoms with Gasteiger partial charge in [-0.15, -0.1) is 0 Å². The lowest BCUT2D eigenvalue weighted by Crippen LogP contribution is -2.40. The number of fused-ring (bicyclic) bond motifs is 2. The number of piperidine rings is 2. The van der Waals surface area contributed by atoms with Crippen molar-refractivity contribution in [3.8, 4) is 0 Å². The zero-order valence-electron chi connectivity index (χ0n) is 47.9. The molecule has 3 aliphatic carbocycles. The zero-order valence-corrected chi connectivity index (χ0v) is 47.9. The molecule has 2 N–H and O–H groups in total. The summed E-state index contributed by atoms with van der Waals surface area (Å²) in [6.45, 7) is 30.7. The molecule has 4 aliphatic heterocycles. The van der Waals surface area contributed by atoms with Gasteiger partial charge in [0.15, 0.2) is 11.8 Å². The van der Waals surface area contributed by atoms with E-state index in [1.807, 2.05) is 0 Å². The number of ether oxygens (including phenoxy) is 1. The summed E-state index contributed by atoms with van der Waals surface area (Å²) in [5, 5.41) is 6.66. The van der Waals surface area contributed by atoms with E-state index in [1.165, 1.54) is 180 Å². The third kappa shape index (κ3) is 13.4. The number of carbonyl (C=O) groups excluding carboxylic acids is 1. The first kappa shape index (κ1) is 56.5. The maximum absolute atomic E-state index is 13.2. The Morgan fingerprint density at radius 2 is 1.51 bits per heavy atom. The fourth-order valence-electron chi connectivity index (χ4n) is 16.4. The van der Waals surface area contributed by atoms with Crippen molar-refractivity contribution in [3.63, 3.8) is 0 Å². The first-order valence-electron chi connectivity index (χ1n) is 30.7. The van der Waals surface area contributed by atoms with Crippen molar-refractivity contribution >= 4 is 11.6 Å². The van der Waals surface area contributed by atoms with Gasteiger partial charge in [0, 0.05) is 61.1 Å². The van der Waals surface area contributed by atoms with Gasteiger partial charge < -0.3 is 25.2 Å². The summed E-state index contributed by atoms with van der Waals surface area (Å²) in [5.41, 5.74) is 8.37. The van der Waals surface area contributed by atoms with Gasteiger partial charge in [0.25, 0.3) is 0 Å². The highest BCUT2D eigenvalue weighted by Crippen LogP contribution is 2.54. The van der Waals surface area contributed by atoms with Crippen molar-refractivity contribution in [3.05, 3.63) is 46.7 Å². The van der Waals surface area contributed by atoms with Gasteiger partial charge >= 0.3 is 0 Å². The Balaban J connectivity index is 0.995. The van der Waals surface area contributed by atoms with Crippen LogP contribution in [0.1, 0.15) is 223 Å². The molecule has 71 heavy (non-hydrogen) atoms. The number of unbranched alkanes of at least 4 members (excludes halogenated alkanes) is 1. The number of nitrogens with zero attached hydrogens (tertiary/aromatic N) is 3. The summed E-state index contributed by atoms with van der Waals surface area (Å²) < 4.78 is 8.07. The fraction of sp³-hybridized carbons (Fsp3) is 0.844. The van der Waals surface area contributed by atoms with E-state index in [9.17, 15) is 4.79 Å². The molecule has 4 heterocycles. The average Bonchev–Trinajstić information content (AvgIpc) is 3.95. The topological polar surface area (TPSA) is 59.9 Å². The van der Waals surface area contributed by atoms with E-state index in [2.05, 4.69) is 112 Å². The van der Waals surface area contributed by atoms with Crippen LogP contribution in [0.3, 0.4) is 0 Å². The quantitative estimate of drug-likeness (QED) is 0.0542. The van der Waals surface area contributed by atoms with Crippen LogP contribution < -0.4 is 10.6 Å². The van der Waals surface area contributed by atoms with E-state index >= 15 is 0 Å². The number of rotatable bonds is 25. The number of amides is 1. The summed E-state index contributed by atoms with van der Waals surface area (Å²) in [5.74, 6) is 4.92. The largest absolute Gasteiger partial charge is 0.371 e. The van der Waals surface area contributed by atoms with Gasteiger partial charge in [0.1, 0.15) is 13.3 Å². The first-order valence-corrected chi connectivity index (χ1v) is 30.7. The molecule has 7 unspecified atom stereocenters. The predicted molar refractivity (Wildman–Crippen MR) is 301 cm³/mol. The second-order valence-corrected chi connectivity index (χ2v) is 25.8. The number of methoxy groups -OCH3 is 1. The molecule has 0 radical (unpaired) electrons. The third-order valence-electron chi connectivity index (χ3n) is 21.0. The molecule has 7 atom stereocenters. The minimum atomic E-state index is -0.326. The number of likely N-dealkylation sites (tertiary alicyclic amines) is 2. The minimum absolute atomic E-state index is 0.157. The van der Waals surface area contributed by atoms with Crippen molar-refractivity contribution in [1.82, 2.24) is 20.4 Å². The molecule has 1 amide bonds. The smallest absolute Gasteiger partial charge is 0.227 e. The Bertz CT molecular complexity index is 1860. The van der Waals surface area contributed by atoms with Crippen molar-refractivity contribution in [2.45, 2.75) is 235 Å². The Morgan fingerprint density at radius 3 is 2.21 bits per heavy atom. The van der Waals surface area contributed by atoms with Crippen LogP contribution in [0.25, 0.3) is 0 Å². The molecule has 0 bridgehead atoms. The molecular formula is C64H110N5O2+. The summed E-state index contributed by atoms with van der Waals surface area (Å²) in [6, 6.07) is 1.47. The number of hydrogen-bond acceptors (Lipinski definition) is 5. The van der Waals surface area contributed by atoms with Crippen LogP contribution in [-0.4, -0.2) is 97.7 Å². The molecule has 7 heteroatoms. The van der Waals surface area contributed by atoms with Crippen molar-refractivity contribution < 1.29 is 14.1 Å². The van der Waals surface area contributed by atoms with Crippen LogP contribution >= 0.6 is 0 Å². The number of hydrogen-bond donors (Lipinski definition) is 2. The average molecular weight is 982 g/mol. The Hall–Kier alpha value is -2.22. The van der Waals surface area contributed by atoms with Crippen molar-refractivity contribution in [1.29, 1.82) is 0 Å². The van der Waals surface area contributed by atoms with Gasteiger partial charge in [-0.2, -0.15) is 0 Å². The molecule has 7 rings (SSSR count). The molecule has 0 aromatic rings. The number of allylic oxidation sites excluding steroid dienone is 8. The molecule has 0 spiro atoms. The summed E-state index contributed by atoms with van der Waals surface area (Å²) in [7, 11) is 1.65. The van der Waals surface area contributed by atoms with Crippen molar-refractivity contribution in [2.24, 2.45) is 51.8 Å². The molecular weight excluding hydrogens is 871 g/mol. The lowest BCUT2D eigenvalue weighted by atomic mass is 9.69. The third-order valence-corrected chi connectivity index (χ3v) is 21.0. The summed E-state index contributed by atoms with van der Waals surface area (Å²) >= 11 is 0. The van der Waals surface area contributed by atoms with Crippen LogP contribution in [0.5, 0.6) is 0 Å². The zero-order chi connectivity index (χ0) is 50.6. The number of nitrogens with one attached hydrogen (secondary N) is 2. The Kier molecular flexibility index (Phi) is 21.1. The lowest BCUT2D eigenvalue weighted by Gasteiger charge is -2.38. The van der Waals surface area contributed by atoms with E-state index in [1.54, 1.807) is 35.2 Å². The predicted octanol–water partition coefficient (Wildman–Crippen LogP) is 14.4. The Labute approximate surface area is 437 Å². The minimum Gasteiger partial charge on any atom is -0.371 e. The highest BCUT2D eigenvalue weighted by Gasteiger charge is 2.54. The Morgan fingerprint density at radius 1 is 0.803 bits per heavy atom. The van der Waals surface area contributed by atoms with Gasteiger partial charge in [-0.05, 0) is 221 Å². The van der Waals surface area contributed by atoms with E-state index in [0.29, 0.717) is 12.6 Å². The molecule has 2 saturated carbocycles. The molecule has 402 valence electrons. The normalized spacial score (nSPS) is 29.4. The monoisotopic (exact) mass is 981 g/mol. The van der Waals surface area contributed by atoms with Crippen LogP contribution in [0.4, 0.5) is 0 Å². The van der Waals surface area contributed by atoms with Crippen LogP contribution in [0.2, 0.25) is 0 Å². The van der Waals surface area contributed by atoms with E-state index in [4.69, 9.17) is 4.74 Å². The number of carbonyl (C=O) groups is 1. The van der Waals surface area contributed by atoms with Gasteiger partial charge in [0.05, 0.1) is 5.41 Å². The van der Waals surface area contributed by atoms with Gasteiger partial charge in [-0.3, -0.25) is 4.79 Å². The SMILES string of the molecule is CCCN1/C(=C/C=C2\CCC(/C=C/C3=[N+](CCC)C4CCCCC4C3(C)C)=C2CCCCN2CCC(C(CC)CCC(CCC(C)(CC)C(=O)NCOC)C3CCNCC3)CC2)C(C)(C)C2CCCCC21. The van der Waals surface area contributed by atoms with Gasteiger partial charge in [-0.25, -0.2) is 4.58 Å². The molecule has 0 aromatic heterocycles. The molecule has 7 aliphatic rings. The van der Waals surface area contributed by atoms with E-state index in [-0.39, 0.29) is 22.2 Å². The fourth-order valence-corrected chi connectivity index (χ4v) is 16.4. The maximum Gasteiger partial charge on any atom is 0.227 e. The lowest BCUT2D eigenvalue weighted by molar-refractivity contribution is -0.566. The second kappa shape index (κ2) is 26.5. The molecule has 5 fully saturated rings. The van der Waals surface area contributed by atoms with Crippen LogP contribution in [0.15, 0.2) is 46.7 Å². The highest BCUT2D eigenvalue weighted by atomic mass is 16.5. The van der Waals surface area contributed by atoms with Gasteiger partial charge in [-0.1, -0.05) is 86.3 Å². The second-order valence-electron chi connectivity index (χ2n) is 25.8. The van der Waals surface area contributed by atoms with Crippen LogP contribution in [0, 0.1) is 51.8 Å². The summed E-state index contributed by atoms with van der Waals surface area (Å²) in [4.78, 5) is 18.9. The molecule has 0 aromatic carbocycles. The van der Waals surface area contributed by atoms with E-state index < -0.39 is 0 Å².